The lowest BCUT2D eigenvalue weighted by atomic mass is 10.1. The Morgan fingerprint density at radius 3 is 2.58 bits per heavy atom. The molecular weight excluding hydrogens is 244 g/mol. The van der Waals surface area contributed by atoms with Crippen molar-refractivity contribution >= 4 is 5.91 Å². The van der Waals surface area contributed by atoms with Crippen LogP contribution in [-0.4, -0.2) is 25.2 Å². The van der Waals surface area contributed by atoms with Crippen molar-refractivity contribution in [3.8, 4) is 11.5 Å². The normalized spacial score (nSPS) is 11.2. The van der Waals surface area contributed by atoms with Gasteiger partial charge in [0.2, 0.25) is 0 Å². The maximum atomic E-state index is 10.8. The molecule has 0 aliphatic carbocycles. The van der Waals surface area contributed by atoms with Crippen LogP contribution in [0.5, 0.6) is 11.5 Å². The van der Waals surface area contributed by atoms with E-state index in [0.29, 0.717) is 18.0 Å². The molecule has 1 aromatic carbocycles. The number of carbonyl (C=O) groups is 1. The third kappa shape index (κ3) is 5.18. The van der Waals surface area contributed by atoms with E-state index in [2.05, 4.69) is 26.1 Å². The quantitative estimate of drug-likeness (QED) is 0.817. The highest BCUT2D eigenvalue weighted by molar-refractivity contribution is 5.75. The van der Waals surface area contributed by atoms with Crippen molar-refractivity contribution in [1.29, 1.82) is 0 Å². The van der Waals surface area contributed by atoms with Gasteiger partial charge in [-0.05, 0) is 26.8 Å². The molecule has 0 heterocycles. The average Bonchev–Trinajstić information content (AvgIpc) is 2.32. The van der Waals surface area contributed by atoms with Gasteiger partial charge in [-0.2, -0.15) is 0 Å². The number of primary amides is 1. The van der Waals surface area contributed by atoms with Gasteiger partial charge in [0.15, 0.2) is 18.1 Å². The number of carbonyl (C=O) groups excluding carboxylic acids is 1. The smallest absolute Gasteiger partial charge is 0.255 e. The SMILES string of the molecule is COc1cccc(CNC(C)(C)C)c1OCC(N)=O. The molecule has 0 spiro atoms. The molecule has 5 nitrogen and oxygen atoms in total. The highest BCUT2D eigenvalue weighted by atomic mass is 16.5. The van der Waals surface area contributed by atoms with Crippen LogP contribution in [0.1, 0.15) is 26.3 Å². The zero-order valence-corrected chi connectivity index (χ0v) is 11.9. The van der Waals surface area contributed by atoms with Crippen LogP contribution in [0.2, 0.25) is 0 Å². The first-order valence-corrected chi connectivity index (χ1v) is 6.15. The summed E-state index contributed by atoms with van der Waals surface area (Å²) in [5.74, 6) is 0.635. The van der Waals surface area contributed by atoms with Crippen LogP contribution >= 0.6 is 0 Å². The number of ether oxygens (including phenoxy) is 2. The first-order valence-electron chi connectivity index (χ1n) is 6.15. The van der Waals surface area contributed by atoms with Crippen molar-refractivity contribution in [3.63, 3.8) is 0 Å². The fraction of sp³-hybridized carbons (Fsp3) is 0.500. The third-order valence-electron chi connectivity index (χ3n) is 2.45. The van der Waals surface area contributed by atoms with Crippen molar-refractivity contribution in [2.75, 3.05) is 13.7 Å². The maximum Gasteiger partial charge on any atom is 0.255 e. The van der Waals surface area contributed by atoms with Gasteiger partial charge in [-0.15, -0.1) is 0 Å². The Morgan fingerprint density at radius 1 is 1.37 bits per heavy atom. The molecule has 3 N–H and O–H groups in total. The number of amides is 1. The summed E-state index contributed by atoms with van der Waals surface area (Å²) in [6.45, 7) is 6.70. The van der Waals surface area contributed by atoms with Crippen LogP contribution in [0.3, 0.4) is 0 Å². The summed E-state index contributed by atoms with van der Waals surface area (Å²) in [4.78, 5) is 10.8. The van der Waals surface area contributed by atoms with Crippen molar-refractivity contribution in [1.82, 2.24) is 5.32 Å². The minimum atomic E-state index is -0.513. The molecule has 106 valence electrons. The summed E-state index contributed by atoms with van der Waals surface area (Å²) >= 11 is 0. The summed E-state index contributed by atoms with van der Waals surface area (Å²) in [5.41, 5.74) is 6.02. The van der Waals surface area contributed by atoms with Crippen molar-refractivity contribution in [2.45, 2.75) is 32.9 Å². The van der Waals surface area contributed by atoms with E-state index in [0.717, 1.165) is 5.56 Å². The fourth-order valence-corrected chi connectivity index (χ4v) is 1.53. The van der Waals surface area contributed by atoms with E-state index in [-0.39, 0.29) is 12.1 Å². The molecule has 5 heteroatoms. The van der Waals surface area contributed by atoms with E-state index in [1.54, 1.807) is 13.2 Å². The van der Waals surface area contributed by atoms with E-state index in [1.807, 2.05) is 12.1 Å². The molecule has 0 atom stereocenters. The van der Waals surface area contributed by atoms with Crippen LogP contribution in [0.15, 0.2) is 18.2 Å². The van der Waals surface area contributed by atoms with Crippen molar-refractivity contribution < 1.29 is 14.3 Å². The second-order valence-corrected chi connectivity index (χ2v) is 5.31. The summed E-state index contributed by atoms with van der Waals surface area (Å²) < 4.78 is 10.7. The molecule has 0 fully saturated rings. The Kier molecular flexibility index (Phi) is 5.18. The monoisotopic (exact) mass is 266 g/mol. The average molecular weight is 266 g/mol. The van der Waals surface area contributed by atoms with Crippen LogP contribution in [0.4, 0.5) is 0 Å². The molecule has 1 rings (SSSR count). The number of nitrogens with two attached hydrogens (primary N) is 1. The number of nitrogens with one attached hydrogen (secondary N) is 1. The molecule has 0 aliphatic rings. The Bertz CT molecular complexity index is 439. The molecule has 1 aromatic rings. The number of rotatable bonds is 6. The van der Waals surface area contributed by atoms with Gasteiger partial charge in [0.05, 0.1) is 7.11 Å². The minimum absolute atomic E-state index is 0.00989. The third-order valence-corrected chi connectivity index (χ3v) is 2.45. The van der Waals surface area contributed by atoms with E-state index in [4.69, 9.17) is 15.2 Å². The van der Waals surface area contributed by atoms with Crippen molar-refractivity contribution in [3.05, 3.63) is 23.8 Å². The second kappa shape index (κ2) is 6.43. The van der Waals surface area contributed by atoms with E-state index >= 15 is 0 Å². The first-order chi connectivity index (χ1) is 8.83. The predicted molar refractivity (Wildman–Crippen MR) is 74.3 cm³/mol. The Morgan fingerprint density at radius 2 is 2.05 bits per heavy atom. The van der Waals surface area contributed by atoms with Gasteiger partial charge in [0.1, 0.15) is 0 Å². The molecule has 0 saturated carbocycles. The Hall–Kier alpha value is -1.75. The summed E-state index contributed by atoms with van der Waals surface area (Å²) in [6, 6.07) is 5.60. The summed E-state index contributed by atoms with van der Waals surface area (Å²) in [7, 11) is 1.56. The Balaban J connectivity index is 2.91. The zero-order chi connectivity index (χ0) is 14.5. The van der Waals surface area contributed by atoms with E-state index < -0.39 is 5.91 Å². The van der Waals surface area contributed by atoms with E-state index in [9.17, 15) is 4.79 Å². The molecule has 0 aliphatic heterocycles. The molecule has 19 heavy (non-hydrogen) atoms. The van der Waals surface area contributed by atoms with Gasteiger partial charge in [-0.3, -0.25) is 4.79 Å². The number of benzene rings is 1. The van der Waals surface area contributed by atoms with Crippen LogP contribution in [0, 0.1) is 0 Å². The van der Waals surface area contributed by atoms with Crippen LogP contribution in [0.25, 0.3) is 0 Å². The summed E-state index contributed by atoms with van der Waals surface area (Å²) in [6.07, 6.45) is 0. The first kappa shape index (κ1) is 15.3. The van der Waals surface area contributed by atoms with Crippen LogP contribution in [-0.2, 0) is 11.3 Å². The topological polar surface area (TPSA) is 73.6 Å². The number of para-hydroxylation sites is 1. The lowest BCUT2D eigenvalue weighted by molar-refractivity contribution is -0.119. The molecule has 0 aromatic heterocycles. The van der Waals surface area contributed by atoms with Crippen LogP contribution < -0.4 is 20.5 Å². The van der Waals surface area contributed by atoms with E-state index in [1.165, 1.54) is 0 Å². The maximum absolute atomic E-state index is 10.8. The molecule has 0 bridgehead atoms. The highest BCUT2D eigenvalue weighted by Crippen LogP contribution is 2.31. The number of methoxy groups -OCH3 is 1. The van der Waals surface area contributed by atoms with Gasteiger partial charge in [-0.25, -0.2) is 0 Å². The molecule has 0 saturated heterocycles. The van der Waals surface area contributed by atoms with Crippen molar-refractivity contribution in [2.24, 2.45) is 5.73 Å². The number of hydrogen-bond donors (Lipinski definition) is 2. The Labute approximate surface area is 114 Å². The summed E-state index contributed by atoms with van der Waals surface area (Å²) in [5, 5.41) is 3.37. The zero-order valence-electron chi connectivity index (χ0n) is 11.9. The second-order valence-electron chi connectivity index (χ2n) is 5.31. The van der Waals surface area contributed by atoms with Gasteiger partial charge in [0, 0.05) is 17.6 Å². The standard InChI is InChI=1S/C14H22N2O3/c1-14(2,3)16-8-10-6-5-7-11(18-4)13(10)19-9-12(15)17/h5-7,16H,8-9H2,1-4H3,(H2,15,17). The largest absolute Gasteiger partial charge is 0.493 e. The molecule has 1 amide bonds. The minimum Gasteiger partial charge on any atom is -0.493 e. The predicted octanol–water partition coefficient (Wildman–Crippen LogP) is 1.45. The lowest BCUT2D eigenvalue weighted by Gasteiger charge is -2.22. The fourth-order valence-electron chi connectivity index (χ4n) is 1.53. The van der Waals surface area contributed by atoms with Gasteiger partial charge < -0.3 is 20.5 Å². The van der Waals surface area contributed by atoms with Gasteiger partial charge in [0.25, 0.3) is 5.91 Å². The molecule has 0 unspecified atom stereocenters. The number of hydrogen-bond acceptors (Lipinski definition) is 4. The molecular formula is C14H22N2O3. The lowest BCUT2D eigenvalue weighted by Crippen LogP contribution is -2.35. The van der Waals surface area contributed by atoms with Gasteiger partial charge >= 0.3 is 0 Å². The highest BCUT2D eigenvalue weighted by Gasteiger charge is 2.14. The van der Waals surface area contributed by atoms with Gasteiger partial charge in [-0.1, -0.05) is 12.1 Å². The molecule has 0 radical (unpaired) electrons.